The molecule has 1 saturated heterocycles. The van der Waals surface area contributed by atoms with Gasteiger partial charge in [-0.25, -0.2) is 0 Å². The highest BCUT2D eigenvalue weighted by Gasteiger charge is 2.25. The molecule has 0 saturated carbocycles. The summed E-state index contributed by atoms with van der Waals surface area (Å²) in [7, 11) is 0. The normalized spacial score (nSPS) is 14.8. The quantitative estimate of drug-likeness (QED) is 0.642. The number of furan rings is 1. The van der Waals surface area contributed by atoms with Gasteiger partial charge in [0.1, 0.15) is 12.4 Å². The van der Waals surface area contributed by atoms with Crippen molar-refractivity contribution < 1.29 is 13.9 Å². The minimum atomic E-state index is 0.00185. The van der Waals surface area contributed by atoms with E-state index in [9.17, 15) is 4.79 Å². The molecule has 0 N–H and O–H groups in total. The molecule has 1 aliphatic heterocycles. The number of likely N-dealkylation sites (tertiary alicyclic amines) is 1. The Morgan fingerprint density at radius 2 is 1.75 bits per heavy atom. The SMILES string of the molecule is O=C(c1ccco1)N1CCC(Cc2ccc(COc3ccncc3)cc2)CC1. The van der Waals surface area contributed by atoms with Crippen LogP contribution in [-0.4, -0.2) is 28.9 Å². The Hall–Kier alpha value is -3.08. The van der Waals surface area contributed by atoms with E-state index < -0.39 is 0 Å². The highest BCUT2D eigenvalue weighted by molar-refractivity contribution is 5.91. The maximum atomic E-state index is 12.3. The molecule has 5 heteroatoms. The highest BCUT2D eigenvalue weighted by atomic mass is 16.5. The second-order valence-corrected chi connectivity index (χ2v) is 7.21. The van der Waals surface area contributed by atoms with Crippen molar-refractivity contribution in [1.82, 2.24) is 9.88 Å². The lowest BCUT2D eigenvalue weighted by molar-refractivity contribution is 0.0658. The van der Waals surface area contributed by atoms with E-state index in [-0.39, 0.29) is 5.91 Å². The molecule has 1 amide bonds. The molecule has 5 nitrogen and oxygen atoms in total. The van der Waals surface area contributed by atoms with Gasteiger partial charge in [-0.3, -0.25) is 9.78 Å². The van der Waals surface area contributed by atoms with Crippen molar-refractivity contribution in [3.8, 4) is 5.75 Å². The number of amides is 1. The monoisotopic (exact) mass is 376 g/mol. The summed E-state index contributed by atoms with van der Waals surface area (Å²) in [6, 6.07) is 15.8. The second-order valence-electron chi connectivity index (χ2n) is 7.21. The highest BCUT2D eigenvalue weighted by Crippen LogP contribution is 2.23. The second kappa shape index (κ2) is 8.74. The summed E-state index contributed by atoms with van der Waals surface area (Å²) in [5, 5.41) is 0. The zero-order valence-corrected chi connectivity index (χ0v) is 15.8. The molecule has 2 aromatic heterocycles. The van der Waals surface area contributed by atoms with Gasteiger partial charge in [-0.2, -0.15) is 0 Å². The van der Waals surface area contributed by atoms with Gasteiger partial charge in [0.15, 0.2) is 5.76 Å². The number of nitrogens with zero attached hydrogens (tertiary/aromatic N) is 2. The van der Waals surface area contributed by atoms with E-state index in [0.29, 0.717) is 18.3 Å². The lowest BCUT2D eigenvalue weighted by Gasteiger charge is -2.31. The van der Waals surface area contributed by atoms with Crippen LogP contribution >= 0.6 is 0 Å². The van der Waals surface area contributed by atoms with Gasteiger partial charge in [0.25, 0.3) is 5.91 Å². The summed E-state index contributed by atoms with van der Waals surface area (Å²) in [6.45, 7) is 2.14. The molecule has 1 fully saturated rings. The third-order valence-corrected chi connectivity index (χ3v) is 5.24. The van der Waals surface area contributed by atoms with E-state index in [4.69, 9.17) is 9.15 Å². The van der Waals surface area contributed by atoms with Gasteiger partial charge in [-0.1, -0.05) is 24.3 Å². The molecular formula is C23H24N2O3. The summed E-state index contributed by atoms with van der Waals surface area (Å²) in [6.07, 6.45) is 8.11. The molecule has 28 heavy (non-hydrogen) atoms. The number of pyridine rings is 1. The number of hydrogen-bond acceptors (Lipinski definition) is 4. The lowest BCUT2D eigenvalue weighted by atomic mass is 9.90. The first-order valence-corrected chi connectivity index (χ1v) is 9.71. The molecule has 3 aromatic rings. The fourth-order valence-corrected chi connectivity index (χ4v) is 3.60. The number of carbonyl (C=O) groups excluding carboxylic acids is 1. The van der Waals surface area contributed by atoms with Crippen LogP contribution in [0.2, 0.25) is 0 Å². The Labute approximate surface area is 165 Å². The fourth-order valence-electron chi connectivity index (χ4n) is 3.60. The summed E-state index contributed by atoms with van der Waals surface area (Å²) in [5.41, 5.74) is 2.49. The first kappa shape index (κ1) is 18.3. The molecule has 1 aliphatic rings. The number of piperidine rings is 1. The first-order valence-electron chi connectivity index (χ1n) is 9.71. The number of ether oxygens (including phenoxy) is 1. The predicted octanol–water partition coefficient (Wildman–Crippen LogP) is 4.35. The Bertz CT molecular complexity index is 868. The van der Waals surface area contributed by atoms with Crippen LogP contribution in [0, 0.1) is 5.92 Å². The maximum Gasteiger partial charge on any atom is 0.289 e. The lowest BCUT2D eigenvalue weighted by Crippen LogP contribution is -2.38. The average molecular weight is 376 g/mol. The molecule has 0 unspecified atom stereocenters. The Kier molecular flexibility index (Phi) is 5.71. The van der Waals surface area contributed by atoms with Gasteiger partial charge < -0.3 is 14.1 Å². The van der Waals surface area contributed by atoms with E-state index in [1.54, 1.807) is 30.8 Å². The summed E-state index contributed by atoms with van der Waals surface area (Å²) >= 11 is 0. The zero-order chi connectivity index (χ0) is 19.2. The van der Waals surface area contributed by atoms with Crippen molar-refractivity contribution >= 4 is 5.91 Å². The van der Waals surface area contributed by atoms with E-state index in [1.165, 1.54) is 5.56 Å². The number of carbonyl (C=O) groups is 1. The standard InChI is InChI=1S/C23H24N2O3/c26-23(22-2-1-15-27-22)25-13-9-19(10-14-25)16-18-3-5-20(6-4-18)17-28-21-7-11-24-12-8-21/h1-8,11-12,15,19H,9-10,13-14,16-17H2. The third kappa shape index (κ3) is 4.60. The number of benzene rings is 1. The Morgan fingerprint density at radius 1 is 1.04 bits per heavy atom. The number of hydrogen-bond donors (Lipinski definition) is 0. The van der Waals surface area contributed by atoms with E-state index >= 15 is 0 Å². The van der Waals surface area contributed by atoms with Gasteiger partial charge in [-0.05, 0) is 60.6 Å². The van der Waals surface area contributed by atoms with Crippen molar-refractivity contribution in [1.29, 1.82) is 0 Å². The molecule has 144 valence electrons. The molecule has 0 aliphatic carbocycles. The van der Waals surface area contributed by atoms with Crippen LogP contribution in [0.15, 0.2) is 71.6 Å². The smallest absolute Gasteiger partial charge is 0.289 e. The number of rotatable bonds is 6. The Balaban J connectivity index is 1.24. The maximum absolute atomic E-state index is 12.3. The molecule has 1 aromatic carbocycles. The molecule has 0 spiro atoms. The van der Waals surface area contributed by atoms with Crippen LogP contribution in [0.3, 0.4) is 0 Å². The summed E-state index contributed by atoms with van der Waals surface area (Å²) in [4.78, 5) is 18.2. The van der Waals surface area contributed by atoms with Gasteiger partial charge in [0.05, 0.1) is 6.26 Å². The molecule has 0 atom stereocenters. The van der Waals surface area contributed by atoms with Crippen LogP contribution in [0.25, 0.3) is 0 Å². The van der Waals surface area contributed by atoms with Crippen LogP contribution in [-0.2, 0) is 13.0 Å². The van der Waals surface area contributed by atoms with E-state index in [1.807, 2.05) is 17.0 Å². The van der Waals surface area contributed by atoms with Crippen LogP contribution in [0.4, 0.5) is 0 Å². The molecule has 3 heterocycles. The van der Waals surface area contributed by atoms with Gasteiger partial charge in [0, 0.05) is 25.5 Å². The molecular weight excluding hydrogens is 352 g/mol. The van der Waals surface area contributed by atoms with Gasteiger partial charge in [-0.15, -0.1) is 0 Å². The molecule has 4 rings (SSSR count). The van der Waals surface area contributed by atoms with Crippen LogP contribution < -0.4 is 4.74 Å². The van der Waals surface area contributed by atoms with Crippen LogP contribution in [0.5, 0.6) is 5.75 Å². The number of aromatic nitrogens is 1. The molecule has 0 bridgehead atoms. The topological polar surface area (TPSA) is 55.6 Å². The minimum absolute atomic E-state index is 0.00185. The first-order chi connectivity index (χ1) is 13.8. The predicted molar refractivity (Wildman–Crippen MR) is 106 cm³/mol. The minimum Gasteiger partial charge on any atom is -0.489 e. The van der Waals surface area contributed by atoms with Crippen molar-refractivity contribution in [2.45, 2.75) is 25.9 Å². The Morgan fingerprint density at radius 3 is 2.43 bits per heavy atom. The zero-order valence-electron chi connectivity index (χ0n) is 15.8. The van der Waals surface area contributed by atoms with E-state index in [0.717, 1.165) is 43.7 Å². The van der Waals surface area contributed by atoms with Crippen molar-refractivity contribution in [3.63, 3.8) is 0 Å². The fraction of sp³-hybridized carbons (Fsp3) is 0.304. The largest absolute Gasteiger partial charge is 0.489 e. The van der Waals surface area contributed by atoms with Gasteiger partial charge >= 0.3 is 0 Å². The van der Waals surface area contributed by atoms with Crippen LogP contribution in [0.1, 0.15) is 34.5 Å². The van der Waals surface area contributed by atoms with Crippen molar-refractivity contribution in [2.75, 3.05) is 13.1 Å². The summed E-state index contributed by atoms with van der Waals surface area (Å²) in [5.74, 6) is 1.87. The summed E-state index contributed by atoms with van der Waals surface area (Å²) < 4.78 is 11.0. The molecule has 0 radical (unpaired) electrons. The average Bonchev–Trinajstić information content (AvgIpc) is 3.29. The van der Waals surface area contributed by atoms with Crippen molar-refractivity contribution in [3.05, 3.63) is 84.1 Å². The van der Waals surface area contributed by atoms with Gasteiger partial charge in [0.2, 0.25) is 0 Å². The third-order valence-electron chi connectivity index (χ3n) is 5.24. The van der Waals surface area contributed by atoms with E-state index in [2.05, 4.69) is 29.2 Å². The van der Waals surface area contributed by atoms with Crippen molar-refractivity contribution in [2.24, 2.45) is 5.92 Å².